The summed E-state index contributed by atoms with van der Waals surface area (Å²) in [5, 5.41) is 8.86. The van der Waals surface area contributed by atoms with Gasteiger partial charge in [0.25, 0.3) is 0 Å². The van der Waals surface area contributed by atoms with Gasteiger partial charge in [-0.15, -0.1) is 0 Å². The predicted molar refractivity (Wildman–Crippen MR) is 50.3 cm³/mol. The van der Waals surface area contributed by atoms with Crippen molar-refractivity contribution < 1.29 is 14.3 Å². The van der Waals surface area contributed by atoms with Crippen molar-refractivity contribution in [1.82, 2.24) is 0 Å². The number of aryl methyl sites for hydroxylation is 1. The highest BCUT2D eigenvalue weighted by molar-refractivity contribution is 5.80. The van der Waals surface area contributed by atoms with E-state index < -0.39 is 17.3 Å². The van der Waals surface area contributed by atoms with E-state index >= 15 is 0 Å². The van der Waals surface area contributed by atoms with Crippen LogP contribution in [0.5, 0.6) is 0 Å². The maximum atomic E-state index is 12.9. The summed E-state index contributed by atoms with van der Waals surface area (Å²) in [5.74, 6) is -1.66. The predicted octanol–water partition coefficient (Wildman–Crippen LogP) is 1.39. The number of carbonyl (C=O) groups is 1. The number of hydrogen-bond acceptors (Lipinski definition) is 2. The Morgan fingerprint density at radius 2 is 2.14 bits per heavy atom. The first kappa shape index (κ1) is 10.7. The molecule has 0 aliphatic heterocycles. The molecule has 3 nitrogen and oxygen atoms in total. The number of aliphatic carboxylic acids is 1. The lowest BCUT2D eigenvalue weighted by Crippen LogP contribution is -2.42. The van der Waals surface area contributed by atoms with E-state index in [0.717, 1.165) is 6.07 Å². The zero-order valence-electron chi connectivity index (χ0n) is 8.04. The van der Waals surface area contributed by atoms with E-state index in [1.165, 1.54) is 19.1 Å². The third-order valence-electron chi connectivity index (χ3n) is 2.20. The Morgan fingerprint density at radius 3 is 2.64 bits per heavy atom. The van der Waals surface area contributed by atoms with Gasteiger partial charge in [-0.3, -0.25) is 0 Å². The number of halogens is 1. The van der Waals surface area contributed by atoms with Crippen LogP contribution in [0.25, 0.3) is 0 Å². The van der Waals surface area contributed by atoms with Crippen molar-refractivity contribution in [1.29, 1.82) is 0 Å². The largest absolute Gasteiger partial charge is 0.480 e. The second-order valence-corrected chi connectivity index (χ2v) is 3.47. The Morgan fingerprint density at radius 1 is 1.57 bits per heavy atom. The Kier molecular flexibility index (Phi) is 2.57. The summed E-state index contributed by atoms with van der Waals surface area (Å²) < 4.78 is 12.9. The van der Waals surface area contributed by atoms with E-state index in [1.54, 1.807) is 6.92 Å². The van der Waals surface area contributed by atoms with Crippen LogP contribution in [0.1, 0.15) is 18.1 Å². The van der Waals surface area contributed by atoms with Crippen LogP contribution in [0, 0.1) is 12.7 Å². The van der Waals surface area contributed by atoms with E-state index in [1.807, 2.05) is 0 Å². The normalized spacial score (nSPS) is 14.9. The maximum absolute atomic E-state index is 12.9. The molecule has 1 aromatic carbocycles. The van der Waals surface area contributed by atoms with Gasteiger partial charge < -0.3 is 10.8 Å². The summed E-state index contributed by atoms with van der Waals surface area (Å²) in [5.41, 5.74) is 5.00. The van der Waals surface area contributed by atoms with Gasteiger partial charge in [-0.2, -0.15) is 0 Å². The molecule has 0 aliphatic rings. The molecule has 3 N–H and O–H groups in total. The van der Waals surface area contributed by atoms with Gasteiger partial charge in [0, 0.05) is 0 Å². The summed E-state index contributed by atoms with van der Waals surface area (Å²) in [4.78, 5) is 10.8. The quantitative estimate of drug-likeness (QED) is 0.753. The van der Waals surface area contributed by atoms with Gasteiger partial charge in [0.1, 0.15) is 11.4 Å². The van der Waals surface area contributed by atoms with Crippen molar-refractivity contribution >= 4 is 5.97 Å². The Hall–Kier alpha value is -1.42. The van der Waals surface area contributed by atoms with Gasteiger partial charge in [0.05, 0.1) is 0 Å². The van der Waals surface area contributed by atoms with Crippen LogP contribution in [0.15, 0.2) is 18.2 Å². The molecule has 0 saturated heterocycles. The molecule has 0 fully saturated rings. The van der Waals surface area contributed by atoms with Crippen molar-refractivity contribution in [2.24, 2.45) is 5.73 Å². The molecule has 14 heavy (non-hydrogen) atoms. The van der Waals surface area contributed by atoms with Gasteiger partial charge >= 0.3 is 5.97 Å². The van der Waals surface area contributed by atoms with Crippen molar-refractivity contribution in [2.45, 2.75) is 19.4 Å². The number of rotatable bonds is 2. The van der Waals surface area contributed by atoms with Crippen LogP contribution in [0.2, 0.25) is 0 Å². The second-order valence-electron chi connectivity index (χ2n) is 3.47. The Bertz CT molecular complexity index is 374. The number of benzene rings is 1. The number of nitrogens with two attached hydrogens (primary N) is 1. The van der Waals surface area contributed by atoms with E-state index in [2.05, 4.69) is 0 Å². The number of hydrogen-bond donors (Lipinski definition) is 2. The second kappa shape index (κ2) is 3.38. The minimum absolute atomic E-state index is 0.296. The first-order chi connectivity index (χ1) is 6.35. The van der Waals surface area contributed by atoms with Crippen LogP contribution >= 0.6 is 0 Å². The van der Waals surface area contributed by atoms with Crippen molar-refractivity contribution in [3.05, 3.63) is 35.1 Å². The van der Waals surface area contributed by atoms with E-state index in [4.69, 9.17) is 10.8 Å². The summed E-state index contributed by atoms with van der Waals surface area (Å²) >= 11 is 0. The van der Waals surface area contributed by atoms with Gasteiger partial charge in [0.2, 0.25) is 0 Å². The third-order valence-corrected chi connectivity index (χ3v) is 2.20. The average molecular weight is 197 g/mol. The lowest BCUT2D eigenvalue weighted by atomic mass is 9.90. The monoisotopic (exact) mass is 197 g/mol. The molecule has 0 unspecified atom stereocenters. The minimum atomic E-state index is -1.55. The Labute approximate surface area is 81.4 Å². The smallest absolute Gasteiger partial charge is 0.328 e. The molecular weight excluding hydrogens is 185 g/mol. The first-order valence-electron chi connectivity index (χ1n) is 4.14. The fraction of sp³-hybridized carbons (Fsp3) is 0.300. The molecular formula is C10H12FNO2. The molecule has 0 bridgehead atoms. The lowest BCUT2D eigenvalue weighted by Gasteiger charge is -2.21. The van der Waals surface area contributed by atoms with E-state index in [0.29, 0.717) is 11.1 Å². The summed E-state index contributed by atoms with van der Waals surface area (Å²) in [6.07, 6.45) is 0. The van der Waals surface area contributed by atoms with Crippen LogP contribution in [0.3, 0.4) is 0 Å². The van der Waals surface area contributed by atoms with Crippen molar-refractivity contribution in [2.75, 3.05) is 0 Å². The van der Waals surface area contributed by atoms with E-state index in [9.17, 15) is 9.18 Å². The molecule has 0 heterocycles. The zero-order chi connectivity index (χ0) is 10.9. The summed E-state index contributed by atoms with van der Waals surface area (Å²) in [6.45, 7) is 3.04. The topological polar surface area (TPSA) is 63.3 Å². The molecule has 1 atom stereocenters. The highest BCUT2D eigenvalue weighted by Crippen LogP contribution is 2.22. The van der Waals surface area contributed by atoms with Gasteiger partial charge in [0.15, 0.2) is 0 Å². The molecule has 0 aromatic heterocycles. The standard InChI is InChI=1S/C10H12FNO2/c1-6-3-4-7(11)5-8(6)10(2,12)9(13)14/h3-5H,12H2,1-2H3,(H,13,14)/t10-/m1/s1. The SMILES string of the molecule is Cc1ccc(F)cc1[C@@](C)(N)C(=O)O. The van der Waals surface area contributed by atoms with E-state index in [-0.39, 0.29) is 0 Å². The van der Waals surface area contributed by atoms with Crippen molar-refractivity contribution in [3.63, 3.8) is 0 Å². The fourth-order valence-electron chi connectivity index (χ4n) is 1.27. The maximum Gasteiger partial charge on any atom is 0.328 e. The first-order valence-corrected chi connectivity index (χ1v) is 4.14. The molecule has 0 amide bonds. The molecule has 4 heteroatoms. The molecule has 1 rings (SSSR count). The van der Waals surface area contributed by atoms with Crippen LogP contribution < -0.4 is 5.73 Å². The fourth-order valence-corrected chi connectivity index (χ4v) is 1.27. The lowest BCUT2D eigenvalue weighted by molar-refractivity contribution is -0.143. The number of carboxylic acid groups (broad SMARTS) is 1. The van der Waals surface area contributed by atoms with Crippen LogP contribution in [0.4, 0.5) is 4.39 Å². The Balaban J connectivity index is 3.31. The third kappa shape index (κ3) is 1.75. The highest BCUT2D eigenvalue weighted by Gasteiger charge is 2.31. The minimum Gasteiger partial charge on any atom is -0.480 e. The molecule has 0 radical (unpaired) electrons. The zero-order valence-corrected chi connectivity index (χ0v) is 8.04. The molecule has 0 spiro atoms. The summed E-state index contributed by atoms with van der Waals surface area (Å²) in [6, 6.07) is 3.94. The summed E-state index contributed by atoms with van der Waals surface area (Å²) in [7, 11) is 0. The van der Waals surface area contributed by atoms with Crippen LogP contribution in [-0.4, -0.2) is 11.1 Å². The molecule has 1 aromatic rings. The molecule has 0 saturated carbocycles. The average Bonchev–Trinajstić information content (AvgIpc) is 2.08. The van der Waals surface area contributed by atoms with Gasteiger partial charge in [-0.25, -0.2) is 9.18 Å². The van der Waals surface area contributed by atoms with Gasteiger partial charge in [-0.05, 0) is 37.1 Å². The molecule has 0 aliphatic carbocycles. The molecule has 76 valence electrons. The highest BCUT2D eigenvalue weighted by atomic mass is 19.1. The van der Waals surface area contributed by atoms with Gasteiger partial charge in [-0.1, -0.05) is 6.07 Å². The van der Waals surface area contributed by atoms with Crippen molar-refractivity contribution in [3.8, 4) is 0 Å². The van der Waals surface area contributed by atoms with Crippen LogP contribution in [-0.2, 0) is 10.3 Å². The number of carboxylic acids is 1.